The van der Waals surface area contributed by atoms with Crippen molar-refractivity contribution in [2.24, 2.45) is 0 Å². The molecule has 0 atom stereocenters. The highest BCUT2D eigenvalue weighted by molar-refractivity contribution is 6.05. The largest absolute Gasteiger partial charge is 0.368 e. The lowest BCUT2D eigenvalue weighted by Gasteiger charge is -2.40. The van der Waals surface area contributed by atoms with Crippen molar-refractivity contribution in [3.05, 3.63) is 66.1 Å². The lowest BCUT2D eigenvalue weighted by molar-refractivity contribution is -0.124. The Bertz CT molecular complexity index is 1150. The number of nitrogens with two attached hydrogens (primary N) is 1. The molecule has 2 amide bonds. The first kappa shape index (κ1) is 21.1. The maximum absolute atomic E-state index is 13.2. The van der Waals surface area contributed by atoms with Crippen molar-refractivity contribution in [2.45, 2.75) is 31.6 Å². The standard InChI is InChI=1S/C23H23N7O2/c1-14(24)29-20(31)16-5-8-19(26-11-16)30-21(32)23(9-2-10-23)18-6-3-15(4-7-18)17-12-27-22(25)28-13-17/h3-8,11-13H,2,9-10H2,1H3,(H2,24,29,31)(H2,25,27,28)(H,26,30,32). The van der Waals surface area contributed by atoms with E-state index in [1.54, 1.807) is 24.5 Å². The van der Waals surface area contributed by atoms with Gasteiger partial charge in [-0.3, -0.25) is 15.0 Å². The van der Waals surface area contributed by atoms with E-state index in [4.69, 9.17) is 11.1 Å². The van der Waals surface area contributed by atoms with E-state index in [0.29, 0.717) is 11.4 Å². The normalized spacial score (nSPS) is 14.2. The summed E-state index contributed by atoms with van der Waals surface area (Å²) in [6.45, 7) is 1.48. The van der Waals surface area contributed by atoms with Crippen molar-refractivity contribution in [2.75, 3.05) is 11.1 Å². The van der Waals surface area contributed by atoms with Gasteiger partial charge in [-0.2, -0.15) is 0 Å². The number of carbonyl (C=O) groups is 2. The zero-order valence-corrected chi connectivity index (χ0v) is 17.6. The molecule has 1 aliphatic rings. The van der Waals surface area contributed by atoms with Crippen molar-refractivity contribution >= 4 is 29.4 Å². The van der Waals surface area contributed by atoms with Crippen LogP contribution >= 0.6 is 0 Å². The van der Waals surface area contributed by atoms with Gasteiger partial charge in [0.1, 0.15) is 5.82 Å². The third-order valence-electron chi connectivity index (χ3n) is 5.65. The number of carbonyl (C=O) groups excluding carboxylic acids is 2. The summed E-state index contributed by atoms with van der Waals surface area (Å²) in [5.41, 5.74) is 8.00. The number of amides is 2. The molecule has 4 rings (SSSR count). The van der Waals surface area contributed by atoms with Crippen molar-refractivity contribution in [1.29, 1.82) is 5.41 Å². The summed E-state index contributed by atoms with van der Waals surface area (Å²) in [7, 11) is 0. The number of anilines is 2. The molecular formula is C23H23N7O2. The van der Waals surface area contributed by atoms with Gasteiger partial charge in [-0.1, -0.05) is 30.7 Å². The molecule has 0 spiro atoms. The molecule has 3 aromatic rings. The van der Waals surface area contributed by atoms with Crippen LogP contribution in [0.1, 0.15) is 42.1 Å². The highest BCUT2D eigenvalue weighted by atomic mass is 16.2. The van der Waals surface area contributed by atoms with Gasteiger partial charge in [0.25, 0.3) is 5.91 Å². The number of hydrogen-bond acceptors (Lipinski definition) is 7. The first-order chi connectivity index (χ1) is 15.4. The first-order valence-electron chi connectivity index (χ1n) is 10.2. The quantitative estimate of drug-likeness (QED) is 0.362. The van der Waals surface area contributed by atoms with E-state index in [9.17, 15) is 9.59 Å². The van der Waals surface area contributed by atoms with Gasteiger partial charge >= 0.3 is 0 Å². The Labute approximate surface area is 185 Å². The Morgan fingerprint density at radius 2 is 1.66 bits per heavy atom. The number of nitrogen functional groups attached to an aromatic ring is 1. The van der Waals surface area contributed by atoms with Crippen LogP contribution in [0.2, 0.25) is 0 Å². The Balaban J connectivity index is 1.49. The summed E-state index contributed by atoms with van der Waals surface area (Å²) >= 11 is 0. The Kier molecular flexibility index (Phi) is 5.63. The SMILES string of the molecule is CC(=N)NC(=O)c1ccc(NC(=O)C2(c3ccc(-c4cnc(N)nc4)cc3)CCC2)nc1. The maximum atomic E-state index is 13.2. The molecule has 1 fully saturated rings. The van der Waals surface area contributed by atoms with E-state index in [1.165, 1.54) is 13.1 Å². The highest BCUT2D eigenvalue weighted by Gasteiger charge is 2.45. The highest BCUT2D eigenvalue weighted by Crippen LogP contribution is 2.45. The second kappa shape index (κ2) is 8.54. The third kappa shape index (κ3) is 4.18. The predicted molar refractivity (Wildman–Crippen MR) is 121 cm³/mol. The van der Waals surface area contributed by atoms with Gasteiger partial charge in [0.05, 0.1) is 16.8 Å². The summed E-state index contributed by atoms with van der Waals surface area (Å²) in [6.07, 6.45) is 7.19. The van der Waals surface area contributed by atoms with E-state index >= 15 is 0 Å². The van der Waals surface area contributed by atoms with Gasteiger partial charge in [0.15, 0.2) is 0 Å². The molecule has 0 radical (unpaired) electrons. The van der Waals surface area contributed by atoms with Gasteiger partial charge in [0.2, 0.25) is 11.9 Å². The molecule has 9 nitrogen and oxygen atoms in total. The smallest absolute Gasteiger partial charge is 0.258 e. The van der Waals surface area contributed by atoms with E-state index < -0.39 is 11.3 Å². The average Bonchev–Trinajstić information content (AvgIpc) is 2.74. The summed E-state index contributed by atoms with van der Waals surface area (Å²) in [6, 6.07) is 11.0. The number of pyridine rings is 1. The van der Waals surface area contributed by atoms with Crippen molar-refractivity contribution in [1.82, 2.24) is 20.3 Å². The molecule has 9 heteroatoms. The number of nitrogens with zero attached hydrogens (tertiary/aromatic N) is 3. The van der Waals surface area contributed by atoms with Crippen LogP contribution in [0, 0.1) is 5.41 Å². The minimum atomic E-state index is -0.606. The summed E-state index contributed by atoms with van der Waals surface area (Å²) in [4.78, 5) is 37.3. The molecule has 0 unspecified atom stereocenters. The van der Waals surface area contributed by atoms with Gasteiger partial charge in [-0.25, -0.2) is 15.0 Å². The number of benzene rings is 1. The van der Waals surface area contributed by atoms with Crippen LogP contribution < -0.4 is 16.4 Å². The topological polar surface area (TPSA) is 147 Å². The molecule has 1 saturated carbocycles. The van der Waals surface area contributed by atoms with E-state index in [2.05, 4.69) is 25.6 Å². The Morgan fingerprint density at radius 1 is 0.969 bits per heavy atom. The Hall–Kier alpha value is -4.14. The maximum Gasteiger partial charge on any atom is 0.258 e. The number of hydrogen-bond donors (Lipinski definition) is 4. The molecule has 2 heterocycles. The molecule has 162 valence electrons. The first-order valence-corrected chi connectivity index (χ1v) is 10.2. The van der Waals surface area contributed by atoms with Crippen molar-refractivity contribution in [3.8, 4) is 11.1 Å². The van der Waals surface area contributed by atoms with Gasteiger partial charge in [-0.15, -0.1) is 0 Å². The monoisotopic (exact) mass is 429 g/mol. The fourth-order valence-electron chi connectivity index (χ4n) is 3.73. The predicted octanol–water partition coefficient (Wildman–Crippen LogP) is 2.91. The lowest BCUT2D eigenvalue weighted by atomic mass is 9.63. The molecule has 5 N–H and O–H groups in total. The number of nitrogens with one attached hydrogen (secondary N) is 3. The fourth-order valence-corrected chi connectivity index (χ4v) is 3.73. The average molecular weight is 429 g/mol. The van der Waals surface area contributed by atoms with Crippen LogP contribution in [0.25, 0.3) is 11.1 Å². The molecule has 0 saturated heterocycles. The van der Waals surface area contributed by atoms with Gasteiger partial charge in [-0.05, 0) is 43.0 Å². The van der Waals surface area contributed by atoms with Crippen LogP contribution in [0.5, 0.6) is 0 Å². The molecule has 1 aromatic carbocycles. The fraction of sp³-hybridized carbons (Fsp3) is 0.217. The van der Waals surface area contributed by atoms with Crippen LogP contribution in [-0.4, -0.2) is 32.6 Å². The minimum absolute atomic E-state index is 0.0502. The summed E-state index contributed by atoms with van der Waals surface area (Å²) in [5, 5.41) is 12.6. The molecule has 2 aromatic heterocycles. The second-order valence-corrected chi connectivity index (χ2v) is 7.81. The second-order valence-electron chi connectivity index (χ2n) is 7.81. The van der Waals surface area contributed by atoms with Crippen LogP contribution in [-0.2, 0) is 10.2 Å². The zero-order chi connectivity index (χ0) is 22.7. The van der Waals surface area contributed by atoms with E-state index in [-0.39, 0.29) is 17.7 Å². The van der Waals surface area contributed by atoms with Gasteiger partial charge in [0, 0.05) is 24.2 Å². The molecule has 0 aliphatic heterocycles. The number of aromatic nitrogens is 3. The molecule has 32 heavy (non-hydrogen) atoms. The van der Waals surface area contributed by atoms with Crippen molar-refractivity contribution in [3.63, 3.8) is 0 Å². The Morgan fingerprint density at radius 3 is 2.19 bits per heavy atom. The number of rotatable bonds is 5. The van der Waals surface area contributed by atoms with E-state index in [0.717, 1.165) is 36.0 Å². The molecule has 1 aliphatic carbocycles. The molecular weight excluding hydrogens is 406 g/mol. The summed E-state index contributed by atoms with van der Waals surface area (Å²) in [5.74, 6) is 0.120. The van der Waals surface area contributed by atoms with E-state index in [1.807, 2.05) is 24.3 Å². The van der Waals surface area contributed by atoms with Crippen LogP contribution in [0.15, 0.2) is 55.0 Å². The van der Waals surface area contributed by atoms with Crippen LogP contribution in [0.3, 0.4) is 0 Å². The number of amidine groups is 1. The molecule has 0 bridgehead atoms. The minimum Gasteiger partial charge on any atom is -0.368 e. The zero-order valence-electron chi connectivity index (χ0n) is 17.6. The van der Waals surface area contributed by atoms with Crippen LogP contribution in [0.4, 0.5) is 11.8 Å². The lowest BCUT2D eigenvalue weighted by Crippen LogP contribution is -2.46. The van der Waals surface area contributed by atoms with Crippen molar-refractivity contribution < 1.29 is 9.59 Å². The third-order valence-corrected chi connectivity index (χ3v) is 5.65. The summed E-state index contributed by atoms with van der Waals surface area (Å²) < 4.78 is 0. The van der Waals surface area contributed by atoms with Gasteiger partial charge < -0.3 is 16.4 Å².